The van der Waals surface area contributed by atoms with E-state index in [1.54, 1.807) is 18.4 Å². The van der Waals surface area contributed by atoms with Crippen molar-refractivity contribution in [1.82, 2.24) is 15.5 Å². The van der Waals surface area contributed by atoms with Gasteiger partial charge in [-0.05, 0) is 24.8 Å². The number of rotatable bonds is 8. The van der Waals surface area contributed by atoms with E-state index in [2.05, 4.69) is 29.4 Å². The summed E-state index contributed by atoms with van der Waals surface area (Å²) in [6, 6.07) is 0. The Bertz CT molecular complexity index is 378. The molecule has 0 bridgehead atoms. The molecule has 5 heteroatoms. The number of hydrogen-bond acceptors (Lipinski definition) is 5. The number of nitrogens with one attached hydrogen (secondary N) is 1. The summed E-state index contributed by atoms with van der Waals surface area (Å²) in [4.78, 5) is 0. The molecule has 18 heavy (non-hydrogen) atoms. The lowest BCUT2D eigenvalue weighted by atomic mass is 10.1. The van der Waals surface area contributed by atoms with Crippen LogP contribution in [-0.4, -0.2) is 37.0 Å². The van der Waals surface area contributed by atoms with E-state index in [0.29, 0.717) is 11.3 Å². The number of aromatic nitrogens is 2. The Hall–Kier alpha value is -0.520. The van der Waals surface area contributed by atoms with Crippen LogP contribution in [0.4, 0.5) is 0 Å². The number of ether oxygens (including phenoxy) is 1. The van der Waals surface area contributed by atoms with Crippen LogP contribution in [-0.2, 0) is 11.2 Å². The number of methoxy groups -OCH3 is 1. The van der Waals surface area contributed by atoms with Crippen molar-refractivity contribution >= 4 is 11.3 Å². The first-order valence-corrected chi connectivity index (χ1v) is 7.47. The summed E-state index contributed by atoms with van der Waals surface area (Å²) < 4.78 is 4.98. The molecule has 0 radical (unpaired) electrons. The minimum Gasteiger partial charge on any atom is -0.383 e. The van der Waals surface area contributed by atoms with E-state index in [0.717, 1.165) is 32.5 Å². The summed E-state index contributed by atoms with van der Waals surface area (Å²) in [5.74, 6) is 0.656. The van der Waals surface area contributed by atoms with Crippen molar-refractivity contribution in [2.45, 2.75) is 39.0 Å². The number of nitrogens with zero attached hydrogens (tertiary/aromatic N) is 2. The summed E-state index contributed by atoms with van der Waals surface area (Å²) in [6.07, 6.45) is 3.41. The maximum absolute atomic E-state index is 4.98. The van der Waals surface area contributed by atoms with Crippen molar-refractivity contribution in [2.24, 2.45) is 5.41 Å². The Balaban J connectivity index is 1.65. The lowest BCUT2D eigenvalue weighted by Gasteiger charge is -2.01. The van der Waals surface area contributed by atoms with Crippen LogP contribution >= 0.6 is 11.3 Å². The molecule has 0 amide bonds. The van der Waals surface area contributed by atoms with Gasteiger partial charge in [0.05, 0.1) is 6.61 Å². The van der Waals surface area contributed by atoms with E-state index in [1.807, 2.05) is 0 Å². The number of aryl methyl sites for hydroxylation is 1. The molecule has 0 aromatic carbocycles. The van der Waals surface area contributed by atoms with Crippen LogP contribution in [0.2, 0.25) is 0 Å². The lowest BCUT2D eigenvalue weighted by molar-refractivity contribution is 0.199. The van der Waals surface area contributed by atoms with Crippen LogP contribution in [0, 0.1) is 5.41 Å². The third kappa shape index (κ3) is 3.73. The van der Waals surface area contributed by atoms with Gasteiger partial charge in [-0.3, -0.25) is 0 Å². The van der Waals surface area contributed by atoms with E-state index in [-0.39, 0.29) is 0 Å². The number of hydrogen-bond donors (Lipinski definition) is 1. The Morgan fingerprint density at radius 1 is 1.39 bits per heavy atom. The molecule has 1 aliphatic carbocycles. The molecule has 1 aromatic heterocycles. The van der Waals surface area contributed by atoms with Gasteiger partial charge in [0.25, 0.3) is 0 Å². The van der Waals surface area contributed by atoms with E-state index in [4.69, 9.17) is 4.74 Å². The third-order valence-corrected chi connectivity index (χ3v) is 4.62. The van der Waals surface area contributed by atoms with Crippen molar-refractivity contribution in [3.63, 3.8) is 0 Å². The molecule has 1 N–H and O–H groups in total. The summed E-state index contributed by atoms with van der Waals surface area (Å²) in [5.41, 5.74) is 0.457. The molecule has 1 fully saturated rings. The van der Waals surface area contributed by atoms with Crippen LogP contribution in [0.1, 0.15) is 42.6 Å². The Morgan fingerprint density at radius 2 is 2.17 bits per heavy atom. The second-order valence-electron chi connectivity index (χ2n) is 5.63. The highest BCUT2D eigenvalue weighted by Crippen LogP contribution is 2.58. The molecule has 102 valence electrons. The van der Waals surface area contributed by atoms with E-state index in [1.165, 1.54) is 16.4 Å². The maximum atomic E-state index is 4.98. The molecular formula is C13H23N3OS. The van der Waals surface area contributed by atoms with Gasteiger partial charge in [-0.1, -0.05) is 13.8 Å². The second kappa shape index (κ2) is 6.08. The fraction of sp³-hybridized carbons (Fsp3) is 0.846. The van der Waals surface area contributed by atoms with E-state index < -0.39 is 0 Å². The SMILES string of the molecule is COCCNCCCc1nnc(C2CC2(C)C)s1. The monoisotopic (exact) mass is 269 g/mol. The highest BCUT2D eigenvalue weighted by molar-refractivity contribution is 7.11. The van der Waals surface area contributed by atoms with Crippen LogP contribution in [0.15, 0.2) is 0 Å². The Labute approximate surface area is 113 Å². The van der Waals surface area contributed by atoms with Crippen molar-refractivity contribution in [1.29, 1.82) is 0 Å². The largest absolute Gasteiger partial charge is 0.383 e. The zero-order valence-electron chi connectivity index (χ0n) is 11.5. The van der Waals surface area contributed by atoms with Crippen molar-refractivity contribution in [3.05, 3.63) is 10.0 Å². The van der Waals surface area contributed by atoms with Crippen molar-refractivity contribution in [2.75, 3.05) is 26.8 Å². The first kappa shape index (κ1) is 13.9. The van der Waals surface area contributed by atoms with Crippen molar-refractivity contribution < 1.29 is 4.74 Å². The first-order chi connectivity index (χ1) is 8.63. The minimum absolute atomic E-state index is 0.457. The molecule has 2 rings (SSSR count). The average molecular weight is 269 g/mol. The Morgan fingerprint density at radius 3 is 2.83 bits per heavy atom. The molecular weight excluding hydrogens is 246 g/mol. The van der Waals surface area contributed by atoms with Gasteiger partial charge in [-0.2, -0.15) is 0 Å². The molecule has 0 saturated heterocycles. The van der Waals surface area contributed by atoms with Gasteiger partial charge in [0.1, 0.15) is 10.0 Å². The van der Waals surface area contributed by atoms with Gasteiger partial charge in [0.15, 0.2) is 0 Å². The van der Waals surface area contributed by atoms with Crippen LogP contribution in [0.25, 0.3) is 0 Å². The molecule has 1 aromatic rings. The van der Waals surface area contributed by atoms with Crippen molar-refractivity contribution in [3.8, 4) is 0 Å². The summed E-state index contributed by atoms with van der Waals surface area (Å²) >= 11 is 1.80. The summed E-state index contributed by atoms with van der Waals surface area (Å²) in [5, 5.41) is 14.4. The highest BCUT2D eigenvalue weighted by Gasteiger charge is 2.48. The molecule has 1 unspecified atom stereocenters. The summed E-state index contributed by atoms with van der Waals surface area (Å²) in [7, 11) is 1.73. The predicted molar refractivity (Wildman–Crippen MR) is 74.1 cm³/mol. The van der Waals surface area contributed by atoms with Gasteiger partial charge in [0.2, 0.25) is 0 Å². The predicted octanol–water partition coefficient (Wildman–Crippen LogP) is 2.22. The summed E-state index contributed by atoms with van der Waals surface area (Å²) in [6.45, 7) is 7.33. The standard InChI is InChI=1S/C13H23N3OS/c1-13(2)9-10(13)12-16-15-11(18-12)5-4-6-14-7-8-17-3/h10,14H,4-9H2,1-3H3. The molecule has 1 aliphatic rings. The van der Waals surface area contributed by atoms with Crippen LogP contribution < -0.4 is 5.32 Å². The molecule has 0 spiro atoms. The third-order valence-electron chi connectivity index (χ3n) is 3.52. The zero-order valence-corrected chi connectivity index (χ0v) is 12.3. The van der Waals surface area contributed by atoms with Gasteiger partial charge < -0.3 is 10.1 Å². The zero-order chi connectivity index (χ0) is 13.0. The smallest absolute Gasteiger partial charge is 0.121 e. The normalized spacial score (nSPS) is 21.2. The molecule has 1 atom stereocenters. The van der Waals surface area contributed by atoms with Gasteiger partial charge in [-0.25, -0.2) is 0 Å². The second-order valence-corrected chi connectivity index (χ2v) is 6.72. The van der Waals surface area contributed by atoms with Crippen LogP contribution in [0.5, 0.6) is 0 Å². The van der Waals surface area contributed by atoms with E-state index >= 15 is 0 Å². The fourth-order valence-electron chi connectivity index (χ4n) is 2.06. The lowest BCUT2D eigenvalue weighted by Crippen LogP contribution is -2.20. The first-order valence-electron chi connectivity index (χ1n) is 6.65. The Kier molecular flexibility index (Phi) is 4.70. The quantitative estimate of drug-likeness (QED) is 0.735. The average Bonchev–Trinajstić information content (AvgIpc) is 2.77. The molecule has 1 heterocycles. The van der Waals surface area contributed by atoms with Crippen LogP contribution in [0.3, 0.4) is 0 Å². The fourth-order valence-corrected chi connectivity index (χ4v) is 3.26. The van der Waals surface area contributed by atoms with Gasteiger partial charge in [0, 0.05) is 26.0 Å². The minimum atomic E-state index is 0.457. The van der Waals surface area contributed by atoms with E-state index in [9.17, 15) is 0 Å². The van der Waals surface area contributed by atoms with Gasteiger partial charge in [-0.15, -0.1) is 21.5 Å². The van der Waals surface area contributed by atoms with Gasteiger partial charge >= 0.3 is 0 Å². The molecule has 0 aliphatic heterocycles. The topological polar surface area (TPSA) is 47.0 Å². The molecule has 4 nitrogen and oxygen atoms in total. The maximum Gasteiger partial charge on any atom is 0.121 e. The highest BCUT2D eigenvalue weighted by atomic mass is 32.1. The molecule has 1 saturated carbocycles.